The maximum Gasteiger partial charge on any atom is 0.251 e. The van der Waals surface area contributed by atoms with Crippen molar-refractivity contribution in [2.24, 2.45) is 0 Å². The molecule has 116 valence electrons. The van der Waals surface area contributed by atoms with E-state index in [1.165, 1.54) is 5.56 Å². The second-order valence-corrected chi connectivity index (χ2v) is 6.18. The number of aromatic nitrogens is 1. The standard InChI is InChI=1S/C18H22N2O2/c1-12-5-6-14-11-15(18(22)19-17(14)13(12)2)7-8-16(21)20-9-3-4-10-20/h5-6,11H,3-4,7-10H2,1-2H3,(H,19,22). The second-order valence-electron chi connectivity index (χ2n) is 6.18. The van der Waals surface area contributed by atoms with Crippen LogP contribution >= 0.6 is 0 Å². The molecule has 1 aliphatic rings. The number of H-pyrrole nitrogens is 1. The van der Waals surface area contributed by atoms with Crippen LogP contribution in [0.1, 0.15) is 36.0 Å². The Hall–Kier alpha value is -2.10. The summed E-state index contributed by atoms with van der Waals surface area (Å²) in [5.41, 5.74) is 3.80. The average Bonchev–Trinajstić information content (AvgIpc) is 3.04. The molecule has 0 aliphatic carbocycles. The highest BCUT2D eigenvalue weighted by molar-refractivity contribution is 5.83. The van der Waals surface area contributed by atoms with Crippen molar-refractivity contribution < 1.29 is 4.79 Å². The summed E-state index contributed by atoms with van der Waals surface area (Å²) < 4.78 is 0. The first-order chi connectivity index (χ1) is 10.6. The van der Waals surface area contributed by atoms with Gasteiger partial charge in [0.25, 0.3) is 5.56 Å². The molecule has 2 heterocycles. The number of carbonyl (C=O) groups is 1. The van der Waals surface area contributed by atoms with Gasteiger partial charge in [0.15, 0.2) is 0 Å². The number of hydrogen-bond acceptors (Lipinski definition) is 2. The molecule has 1 N–H and O–H groups in total. The summed E-state index contributed by atoms with van der Waals surface area (Å²) in [6.07, 6.45) is 3.12. The molecule has 4 heteroatoms. The van der Waals surface area contributed by atoms with E-state index in [1.54, 1.807) is 0 Å². The van der Waals surface area contributed by atoms with Crippen LogP contribution in [0, 0.1) is 13.8 Å². The Balaban J connectivity index is 1.82. The normalized spacial score (nSPS) is 14.7. The van der Waals surface area contributed by atoms with Gasteiger partial charge in [-0.1, -0.05) is 12.1 Å². The highest BCUT2D eigenvalue weighted by atomic mass is 16.2. The number of pyridine rings is 1. The molecular weight excluding hydrogens is 276 g/mol. The lowest BCUT2D eigenvalue weighted by molar-refractivity contribution is -0.130. The van der Waals surface area contributed by atoms with E-state index in [-0.39, 0.29) is 11.5 Å². The second kappa shape index (κ2) is 5.95. The van der Waals surface area contributed by atoms with E-state index >= 15 is 0 Å². The molecular formula is C18H22N2O2. The first-order valence-corrected chi connectivity index (χ1v) is 7.96. The van der Waals surface area contributed by atoms with Gasteiger partial charge in [-0.25, -0.2) is 0 Å². The van der Waals surface area contributed by atoms with Gasteiger partial charge in [-0.2, -0.15) is 0 Å². The van der Waals surface area contributed by atoms with Crippen molar-refractivity contribution in [3.63, 3.8) is 0 Å². The third-order valence-corrected chi connectivity index (χ3v) is 4.69. The lowest BCUT2D eigenvalue weighted by Gasteiger charge is -2.15. The number of rotatable bonds is 3. The number of carbonyl (C=O) groups excluding carboxylic acids is 1. The Morgan fingerprint density at radius 3 is 2.68 bits per heavy atom. The van der Waals surface area contributed by atoms with Crippen LogP contribution in [0.3, 0.4) is 0 Å². The first-order valence-electron chi connectivity index (χ1n) is 7.96. The van der Waals surface area contributed by atoms with Gasteiger partial charge in [-0.05, 0) is 55.7 Å². The van der Waals surface area contributed by atoms with Gasteiger partial charge in [0.1, 0.15) is 0 Å². The SMILES string of the molecule is Cc1ccc2cc(CCC(=O)N3CCCC3)c(=O)[nH]c2c1C. The lowest BCUT2D eigenvalue weighted by atomic mass is 10.0. The van der Waals surface area contributed by atoms with Crippen LogP contribution in [0.5, 0.6) is 0 Å². The Morgan fingerprint density at radius 2 is 1.95 bits per heavy atom. The maximum atomic E-state index is 12.3. The van der Waals surface area contributed by atoms with Gasteiger partial charge in [-0.15, -0.1) is 0 Å². The van der Waals surface area contributed by atoms with Gasteiger partial charge in [0.2, 0.25) is 5.91 Å². The van der Waals surface area contributed by atoms with Crippen molar-refractivity contribution in [1.29, 1.82) is 0 Å². The maximum absolute atomic E-state index is 12.3. The van der Waals surface area contributed by atoms with Crippen molar-refractivity contribution in [3.05, 3.63) is 45.2 Å². The number of fused-ring (bicyclic) bond motifs is 1. The van der Waals surface area contributed by atoms with Crippen LogP contribution in [0.25, 0.3) is 10.9 Å². The molecule has 1 fully saturated rings. The quantitative estimate of drug-likeness (QED) is 0.947. The summed E-state index contributed by atoms with van der Waals surface area (Å²) in [5.74, 6) is 0.164. The van der Waals surface area contributed by atoms with Crippen molar-refractivity contribution in [2.45, 2.75) is 39.5 Å². The molecule has 22 heavy (non-hydrogen) atoms. The Labute approximate surface area is 130 Å². The van der Waals surface area contributed by atoms with Gasteiger partial charge >= 0.3 is 0 Å². The third kappa shape index (κ3) is 2.78. The Morgan fingerprint density at radius 1 is 1.23 bits per heavy atom. The number of amides is 1. The zero-order valence-electron chi connectivity index (χ0n) is 13.2. The molecule has 0 spiro atoms. The molecule has 4 nitrogen and oxygen atoms in total. The molecule has 1 aromatic heterocycles. The van der Waals surface area contributed by atoms with Crippen molar-refractivity contribution in [2.75, 3.05) is 13.1 Å². The predicted octanol–water partition coefficient (Wildman–Crippen LogP) is 2.70. The third-order valence-electron chi connectivity index (χ3n) is 4.69. The number of likely N-dealkylation sites (tertiary alicyclic amines) is 1. The fourth-order valence-electron chi connectivity index (χ4n) is 3.12. The van der Waals surface area contributed by atoms with E-state index in [4.69, 9.17) is 0 Å². The van der Waals surface area contributed by atoms with Crippen LogP contribution in [0.4, 0.5) is 0 Å². The Bertz CT molecular complexity index is 770. The van der Waals surface area contributed by atoms with E-state index in [0.29, 0.717) is 18.4 Å². The molecule has 3 rings (SSSR count). The molecule has 2 aromatic rings. The molecule has 1 amide bonds. The number of hydrogen-bond donors (Lipinski definition) is 1. The number of nitrogens with zero attached hydrogens (tertiary/aromatic N) is 1. The predicted molar refractivity (Wildman–Crippen MR) is 88.2 cm³/mol. The minimum Gasteiger partial charge on any atom is -0.343 e. The molecule has 0 saturated carbocycles. The number of nitrogens with one attached hydrogen (secondary N) is 1. The molecule has 1 saturated heterocycles. The minimum absolute atomic E-state index is 0.0737. The minimum atomic E-state index is -0.0737. The largest absolute Gasteiger partial charge is 0.343 e. The van der Waals surface area contributed by atoms with Crippen LogP contribution in [0.2, 0.25) is 0 Å². The van der Waals surface area contributed by atoms with Crippen molar-refractivity contribution in [1.82, 2.24) is 9.88 Å². The summed E-state index contributed by atoms with van der Waals surface area (Å²) in [4.78, 5) is 29.2. The molecule has 0 radical (unpaired) electrons. The van der Waals surface area contributed by atoms with Gasteiger partial charge in [0.05, 0.1) is 5.52 Å². The van der Waals surface area contributed by atoms with E-state index < -0.39 is 0 Å². The molecule has 1 aromatic carbocycles. The molecule has 0 unspecified atom stereocenters. The molecule has 0 bridgehead atoms. The summed E-state index contributed by atoms with van der Waals surface area (Å²) in [7, 11) is 0. The average molecular weight is 298 g/mol. The van der Waals surface area contributed by atoms with Gasteiger partial charge in [0, 0.05) is 25.1 Å². The monoisotopic (exact) mass is 298 g/mol. The molecule has 0 atom stereocenters. The highest BCUT2D eigenvalue weighted by Gasteiger charge is 2.18. The highest BCUT2D eigenvalue weighted by Crippen LogP contribution is 2.19. The van der Waals surface area contributed by atoms with Crippen LogP contribution < -0.4 is 5.56 Å². The zero-order valence-corrected chi connectivity index (χ0v) is 13.2. The van der Waals surface area contributed by atoms with Crippen molar-refractivity contribution in [3.8, 4) is 0 Å². The first kappa shape index (κ1) is 14.8. The van der Waals surface area contributed by atoms with E-state index in [1.807, 2.05) is 30.9 Å². The Kier molecular flexibility index (Phi) is 4.01. The summed E-state index contributed by atoms with van der Waals surface area (Å²) >= 11 is 0. The topological polar surface area (TPSA) is 53.2 Å². The van der Waals surface area contributed by atoms with Crippen LogP contribution in [-0.4, -0.2) is 28.9 Å². The van der Waals surface area contributed by atoms with Crippen LogP contribution in [0.15, 0.2) is 23.0 Å². The number of aromatic amines is 1. The van der Waals surface area contributed by atoms with Crippen molar-refractivity contribution >= 4 is 16.8 Å². The van der Waals surface area contributed by atoms with E-state index in [9.17, 15) is 9.59 Å². The summed E-state index contributed by atoms with van der Waals surface area (Å²) in [5, 5.41) is 1.03. The van der Waals surface area contributed by atoms with E-state index in [2.05, 4.69) is 11.1 Å². The number of benzene rings is 1. The number of aryl methyl sites for hydroxylation is 3. The van der Waals surface area contributed by atoms with Gasteiger partial charge < -0.3 is 9.88 Å². The summed E-state index contributed by atoms with van der Waals surface area (Å²) in [6, 6.07) is 6.02. The lowest BCUT2D eigenvalue weighted by Crippen LogP contribution is -2.28. The molecule has 1 aliphatic heterocycles. The van der Waals surface area contributed by atoms with Gasteiger partial charge in [-0.3, -0.25) is 9.59 Å². The fourth-order valence-corrected chi connectivity index (χ4v) is 3.12. The van der Waals surface area contributed by atoms with Crippen LogP contribution in [-0.2, 0) is 11.2 Å². The fraction of sp³-hybridized carbons (Fsp3) is 0.444. The smallest absolute Gasteiger partial charge is 0.251 e. The zero-order chi connectivity index (χ0) is 15.7. The summed E-state index contributed by atoms with van der Waals surface area (Å²) in [6.45, 7) is 5.79. The van der Waals surface area contributed by atoms with E-state index in [0.717, 1.165) is 42.4 Å².